The number of hydrogen-bond acceptors (Lipinski definition) is 3. The molecular formula is C16H16N2O. The minimum absolute atomic E-state index is 0.0976. The summed E-state index contributed by atoms with van der Waals surface area (Å²) in [7, 11) is 0. The summed E-state index contributed by atoms with van der Waals surface area (Å²) in [4.78, 5) is 9.25. The van der Waals surface area contributed by atoms with E-state index in [0.717, 1.165) is 22.1 Å². The Hall–Kier alpha value is -2.16. The summed E-state index contributed by atoms with van der Waals surface area (Å²) < 4.78 is 5.73. The van der Waals surface area contributed by atoms with Gasteiger partial charge in [-0.3, -0.25) is 0 Å². The van der Waals surface area contributed by atoms with E-state index >= 15 is 0 Å². The van der Waals surface area contributed by atoms with Crippen LogP contribution in [0, 0.1) is 6.92 Å². The van der Waals surface area contributed by atoms with E-state index in [1.807, 2.05) is 39.0 Å². The summed E-state index contributed by atoms with van der Waals surface area (Å²) in [5, 5.41) is 2.28. The first-order valence-corrected chi connectivity index (χ1v) is 6.48. The lowest BCUT2D eigenvalue weighted by molar-refractivity contribution is 0.230. The monoisotopic (exact) mass is 252 g/mol. The van der Waals surface area contributed by atoms with Crippen molar-refractivity contribution >= 4 is 21.8 Å². The first-order valence-electron chi connectivity index (χ1n) is 6.48. The van der Waals surface area contributed by atoms with E-state index < -0.39 is 0 Å². The highest BCUT2D eigenvalue weighted by atomic mass is 16.5. The highest BCUT2D eigenvalue weighted by Gasteiger charge is 2.10. The van der Waals surface area contributed by atoms with E-state index in [4.69, 9.17) is 4.74 Å². The number of hydrogen-bond donors (Lipinski definition) is 0. The topological polar surface area (TPSA) is 35.0 Å². The normalized spacial score (nSPS) is 11.4. The van der Waals surface area contributed by atoms with Crippen LogP contribution in [-0.2, 0) is 0 Å². The van der Waals surface area contributed by atoms with E-state index in [1.54, 1.807) is 0 Å². The zero-order valence-corrected chi connectivity index (χ0v) is 11.3. The molecule has 0 aliphatic rings. The summed E-state index contributed by atoms with van der Waals surface area (Å²) in [5.74, 6) is 0.624. The molecule has 0 radical (unpaired) electrons. The van der Waals surface area contributed by atoms with E-state index in [0.29, 0.717) is 5.88 Å². The average Bonchev–Trinajstić information content (AvgIpc) is 2.39. The molecule has 19 heavy (non-hydrogen) atoms. The maximum Gasteiger partial charge on any atom is 0.236 e. The molecule has 0 spiro atoms. The Morgan fingerprint density at radius 3 is 2.58 bits per heavy atom. The Morgan fingerprint density at radius 2 is 1.79 bits per heavy atom. The molecule has 0 bridgehead atoms. The molecule has 96 valence electrons. The van der Waals surface area contributed by atoms with Gasteiger partial charge in [-0.05, 0) is 32.2 Å². The van der Waals surface area contributed by atoms with Crippen molar-refractivity contribution in [1.82, 2.24) is 9.97 Å². The Balaban J connectivity index is 2.31. The van der Waals surface area contributed by atoms with Gasteiger partial charge in [-0.25, -0.2) is 9.97 Å². The van der Waals surface area contributed by atoms with Crippen molar-refractivity contribution in [3.8, 4) is 5.88 Å². The molecule has 0 atom stereocenters. The van der Waals surface area contributed by atoms with Crippen molar-refractivity contribution in [2.45, 2.75) is 26.9 Å². The van der Waals surface area contributed by atoms with Crippen LogP contribution in [0.5, 0.6) is 5.88 Å². The lowest BCUT2D eigenvalue weighted by Crippen LogP contribution is -2.09. The standard InChI is InChI=1S/C16H16N2O/c1-10(2)19-16-11(3)17-14-9-8-12-6-4-5-7-13(12)15(14)18-16/h4-10H,1-3H3. The van der Waals surface area contributed by atoms with Crippen LogP contribution in [0.15, 0.2) is 36.4 Å². The third-order valence-corrected chi connectivity index (χ3v) is 3.04. The van der Waals surface area contributed by atoms with Crippen molar-refractivity contribution in [2.24, 2.45) is 0 Å². The summed E-state index contributed by atoms with van der Waals surface area (Å²) in [5.41, 5.74) is 2.64. The SMILES string of the molecule is Cc1nc2ccc3ccccc3c2nc1OC(C)C. The second-order valence-electron chi connectivity index (χ2n) is 4.94. The number of ether oxygens (including phenoxy) is 1. The molecule has 2 aromatic carbocycles. The molecule has 0 aliphatic carbocycles. The fraction of sp³-hybridized carbons (Fsp3) is 0.250. The molecule has 0 unspecified atom stereocenters. The van der Waals surface area contributed by atoms with Crippen LogP contribution in [0.1, 0.15) is 19.5 Å². The minimum atomic E-state index is 0.0976. The smallest absolute Gasteiger partial charge is 0.236 e. The van der Waals surface area contributed by atoms with Crippen molar-refractivity contribution < 1.29 is 4.74 Å². The van der Waals surface area contributed by atoms with Gasteiger partial charge in [0.05, 0.1) is 11.6 Å². The maximum absolute atomic E-state index is 5.73. The largest absolute Gasteiger partial charge is 0.474 e. The van der Waals surface area contributed by atoms with Crippen LogP contribution >= 0.6 is 0 Å². The first kappa shape index (κ1) is 11.9. The second kappa shape index (κ2) is 4.50. The third-order valence-electron chi connectivity index (χ3n) is 3.04. The fourth-order valence-corrected chi connectivity index (χ4v) is 2.20. The van der Waals surface area contributed by atoms with Gasteiger partial charge in [0.1, 0.15) is 11.2 Å². The van der Waals surface area contributed by atoms with Crippen molar-refractivity contribution in [3.63, 3.8) is 0 Å². The molecule has 0 aliphatic heterocycles. The Kier molecular flexibility index (Phi) is 2.82. The molecule has 0 N–H and O–H groups in total. The van der Waals surface area contributed by atoms with Crippen LogP contribution < -0.4 is 4.74 Å². The number of aryl methyl sites for hydroxylation is 1. The van der Waals surface area contributed by atoms with Crippen LogP contribution in [0.4, 0.5) is 0 Å². The van der Waals surface area contributed by atoms with Gasteiger partial charge in [0, 0.05) is 5.39 Å². The van der Waals surface area contributed by atoms with Crippen LogP contribution in [-0.4, -0.2) is 16.1 Å². The van der Waals surface area contributed by atoms with E-state index in [1.165, 1.54) is 5.39 Å². The summed E-state index contributed by atoms with van der Waals surface area (Å²) >= 11 is 0. The Bertz CT molecular complexity index is 750. The second-order valence-corrected chi connectivity index (χ2v) is 4.94. The van der Waals surface area contributed by atoms with Crippen molar-refractivity contribution in [1.29, 1.82) is 0 Å². The summed E-state index contributed by atoms with van der Waals surface area (Å²) in [6.45, 7) is 5.92. The molecule has 0 fully saturated rings. The first-order chi connectivity index (χ1) is 9.15. The number of rotatable bonds is 2. The highest BCUT2D eigenvalue weighted by Crippen LogP contribution is 2.26. The Morgan fingerprint density at radius 1 is 1.00 bits per heavy atom. The van der Waals surface area contributed by atoms with Crippen LogP contribution in [0.3, 0.4) is 0 Å². The predicted molar refractivity (Wildman–Crippen MR) is 77.5 cm³/mol. The van der Waals surface area contributed by atoms with Gasteiger partial charge >= 0.3 is 0 Å². The lowest BCUT2D eigenvalue weighted by Gasteiger charge is -2.12. The van der Waals surface area contributed by atoms with Gasteiger partial charge in [0.15, 0.2) is 0 Å². The van der Waals surface area contributed by atoms with Gasteiger partial charge in [0.25, 0.3) is 0 Å². The number of nitrogens with zero attached hydrogens (tertiary/aromatic N) is 2. The van der Waals surface area contributed by atoms with Crippen molar-refractivity contribution in [2.75, 3.05) is 0 Å². The van der Waals surface area contributed by atoms with Gasteiger partial charge < -0.3 is 4.74 Å². The third kappa shape index (κ3) is 2.12. The van der Waals surface area contributed by atoms with E-state index in [2.05, 4.69) is 28.2 Å². The summed E-state index contributed by atoms with van der Waals surface area (Å²) in [6, 6.07) is 12.3. The molecular weight excluding hydrogens is 236 g/mol. The zero-order chi connectivity index (χ0) is 13.4. The molecule has 0 amide bonds. The van der Waals surface area contributed by atoms with Crippen LogP contribution in [0.25, 0.3) is 21.8 Å². The zero-order valence-electron chi connectivity index (χ0n) is 11.3. The molecule has 3 nitrogen and oxygen atoms in total. The summed E-state index contributed by atoms with van der Waals surface area (Å²) in [6.07, 6.45) is 0.0976. The van der Waals surface area contributed by atoms with Gasteiger partial charge in [-0.2, -0.15) is 0 Å². The molecule has 0 saturated heterocycles. The van der Waals surface area contributed by atoms with Crippen molar-refractivity contribution in [3.05, 3.63) is 42.1 Å². The number of aromatic nitrogens is 2. The predicted octanol–water partition coefficient (Wildman–Crippen LogP) is 3.88. The van der Waals surface area contributed by atoms with E-state index in [9.17, 15) is 0 Å². The molecule has 3 heteroatoms. The number of fused-ring (bicyclic) bond motifs is 3. The van der Waals surface area contributed by atoms with Crippen LogP contribution in [0.2, 0.25) is 0 Å². The average molecular weight is 252 g/mol. The van der Waals surface area contributed by atoms with E-state index in [-0.39, 0.29) is 6.10 Å². The highest BCUT2D eigenvalue weighted by molar-refractivity contribution is 6.03. The molecule has 0 saturated carbocycles. The fourth-order valence-electron chi connectivity index (χ4n) is 2.20. The lowest BCUT2D eigenvalue weighted by atomic mass is 10.1. The maximum atomic E-state index is 5.73. The minimum Gasteiger partial charge on any atom is -0.474 e. The van der Waals surface area contributed by atoms with Gasteiger partial charge in [-0.15, -0.1) is 0 Å². The molecule has 3 rings (SSSR count). The van der Waals surface area contributed by atoms with Gasteiger partial charge in [0.2, 0.25) is 5.88 Å². The Labute approximate surface area is 112 Å². The molecule has 1 heterocycles. The molecule has 1 aromatic heterocycles. The quantitative estimate of drug-likeness (QED) is 0.649. The number of benzene rings is 2. The molecule has 3 aromatic rings. The van der Waals surface area contributed by atoms with Gasteiger partial charge in [-0.1, -0.05) is 30.3 Å².